The number of hydrogen-bond acceptors (Lipinski definition) is 4. The van der Waals surface area contributed by atoms with E-state index in [2.05, 4.69) is 12.1 Å². The summed E-state index contributed by atoms with van der Waals surface area (Å²) in [6.45, 7) is 4.22. The lowest BCUT2D eigenvalue weighted by Gasteiger charge is -2.29. The number of hydrogen-bond donors (Lipinski definition) is 1. The Kier molecular flexibility index (Phi) is 6.25. The van der Waals surface area contributed by atoms with Gasteiger partial charge in [-0.2, -0.15) is 0 Å². The van der Waals surface area contributed by atoms with Gasteiger partial charge in [0.05, 0.1) is 0 Å². The molecule has 0 aliphatic heterocycles. The molecule has 1 atom stereocenters. The van der Waals surface area contributed by atoms with Gasteiger partial charge in [-0.1, -0.05) is 60.7 Å². The zero-order chi connectivity index (χ0) is 16.7. The number of nitrogens with two attached hydrogens (primary N) is 1. The standard InChI is InChI=1S/C19H23NO2S/c1-19(2,23-14-16-11-7-4-8-12-16)17(20)18(21)22-13-15-9-5-3-6-10-15/h3-12,17H,13-14,20H2,1-2H3. The van der Waals surface area contributed by atoms with E-state index in [1.807, 2.05) is 62.4 Å². The van der Waals surface area contributed by atoms with E-state index in [1.54, 1.807) is 11.8 Å². The van der Waals surface area contributed by atoms with Crippen LogP contribution in [0.4, 0.5) is 0 Å². The van der Waals surface area contributed by atoms with Crippen molar-refractivity contribution in [3.63, 3.8) is 0 Å². The Bertz CT molecular complexity index is 614. The second-order valence-corrected chi connectivity index (χ2v) is 7.58. The molecule has 0 heterocycles. The molecule has 0 aliphatic carbocycles. The molecule has 0 spiro atoms. The van der Waals surface area contributed by atoms with Crippen molar-refractivity contribution in [3.05, 3.63) is 71.8 Å². The van der Waals surface area contributed by atoms with Gasteiger partial charge in [0.15, 0.2) is 0 Å². The number of benzene rings is 2. The average Bonchev–Trinajstić information content (AvgIpc) is 2.59. The topological polar surface area (TPSA) is 52.3 Å². The van der Waals surface area contributed by atoms with Crippen LogP contribution in [0.5, 0.6) is 0 Å². The van der Waals surface area contributed by atoms with E-state index < -0.39 is 10.8 Å². The van der Waals surface area contributed by atoms with E-state index in [9.17, 15) is 4.79 Å². The molecule has 2 aromatic carbocycles. The average molecular weight is 329 g/mol. The SMILES string of the molecule is CC(C)(SCc1ccccc1)C(N)C(=O)OCc1ccccc1. The first-order valence-corrected chi connectivity index (χ1v) is 8.61. The molecule has 0 radical (unpaired) electrons. The maximum Gasteiger partial charge on any atom is 0.324 e. The zero-order valence-corrected chi connectivity index (χ0v) is 14.4. The van der Waals surface area contributed by atoms with Crippen LogP contribution in [-0.4, -0.2) is 16.8 Å². The van der Waals surface area contributed by atoms with Gasteiger partial charge < -0.3 is 10.5 Å². The van der Waals surface area contributed by atoms with Gasteiger partial charge >= 0.3 is 5.97 Å². The summed E-state index contributed by atoms with van der Waals surface area (Å²) in [6, 6.07) is 19.1. The largest absolute Gasteiger partial charge is 0.460 e. The van der Waals surface area contributed by atoms with Gasteiger partial charge in [-0.3, -0.25) is 4.79 Å². The van der Waals surface area contributed by atoms with Crippen molar-refractivity contribution in [1.82, 2.24) is 0 Å². The van der Waals surface area contributed by atoms with Crippen molar-refractivity contribution in [1.29, 1.82) is 0 Å². The smallest absolute Gasteiger partial charge is 0.324 e. The van der Waals surface area contributed by atoms with Crippen LogP contribution >= 0.6 is 11.8 Å². The fourth-order valence-corrected chi connectivity index (χ4v) is 3.04. The summed E-state index contributed by atoms with van der Waals surface area (Å²) < 4.78 is 4.95. The monoisotopic (exact) mass is 329 g/mol. The molecule has 23 heavy (non-hydrogen) atoms. The van der Waals surface area contributed by atoms with Gasteiger partial charge in [-0.15, -0.1) is 11.8 Å². The molecule has 1 unspecified atom stereocenters. The summed E-state index contributed by atoms with van der Waals surface area (Å²) in [5, 5.41) is 0. The number of esters is 1. The highest BCUT2D eigenvalue weighted by Crippen LogP contribution is 2.31. The highest BCUT2D eigenvalue weighted by Gasteiger charge is 2.33. The molecule has 0 bridgehead atoms. The summed E-state index contributed by atoms with van der Waals surface area (Å²) in [6.07, 6.45) is 0. The van der Waals surface area contributed by atoms with Crippen molar-refractivity contribution >= 4 is 17.7 Å². The lowest BCUT2D eigenvalue weighted by atomic mass is 10.0. The van der Waals surface area contributed by atoms with Crippen molar-refractivity contribution in [2.75, 3.05) is 0 Å². The zero-order valence-electron chi connectivity index (χ0n) is 13.6. The molecule has 4 heteroatoms. The predicted octanol–water partition coefficient (Wildman–Crippen LogP) is 3.77. The first-order chi connectivity index (χ1) is 11.0. The van der Waals surface area contributed by atoms with Crippen molar-refractivity contribution in [2.45, 2.75) is 37.0 Å². The molecule has 0 amide bonds. The molecule has 2 N–H and O–H groups in total. The summed E-state index contributed by atoms with van der Waals surface area (Å²) in [5.74, 6) is 0.451. The van der Waals surface area contributed by atoms with Crippen molar-refractivity contribution in [3.8, 4) is 0 Å². The Balaban J connectivity index is 1.86. The molecule has 2 rings (SSSR count). The molecule has 2 aromatic rings. The minimum atomic E-state index is -0.667. The molecule has 0 saturated heterocycles. The quantitative estimate of drug-likeness (QED) is 0.786. The van der Waals surface area contributed by atoms with Crippen LogP contribution in [-0.2, 0) is 21.9 Å². The molecular formula is C19H23NO2S. The van der Waals surface area contributed by atoms with E-state index in [-0.39, 0.29) is 12.6 Å². The van der Waals surface area contributed by atoms with Crippen LogP contribution in [0.2, 0.25) is 0 Å². The third-order valence-electron chi connectivity index (χ3n) is 3.68. The lowest BCUT2D eigenvalue weighted by Crippen LogP contribution is -2.47. The van der Waals surface area contributed by atoms with E-state index in [0.717, 1.165) is 11.3 Å². The molecule has 122 valence electrons. The summed E-state index contributed by atoms with van der Waals surface area (Å²) >= 11 is 1.66. The molecule has 0 aliphatic rings. The van der Waals surface area contributed by atoms with Crippen LogP contribution in [0.25, 0.3) is 0 Å². The number of ether oxygens (including phenoxy) is 1. The van der Waals surface area contributed by atoms with E-state index in [1.165, 1.54) is 5.56 Å². The second kappa shape index (κ2) is 8.18. The Morgan fingerprint density at radius 1 is 1.04 bits per heavy atom. The third-order valence-corrected chi connectivity index (χ3v) is 5.16. The fourth-order valence-electron chi connectivity index (χ4n) is 2.04. The van der Waals surface area contributed by atoms with Crippen LogP contribution in [0.3, 0.4) is 0 Å². The van der Waals surface area contributed by atoms with Crippen LogP contribution in [0, 0.1) is 0 Å². The maximum atomic E-state index is 12.2. The first kappa shape index (κ1) is 17.6. The number of rotatable bonds is 7. The Hall–Kier alpha value is -1.78. The van der Waals surface area contributed by atoms with E-state index in [0.29, 0.717) is 0 Å². The number of carbonyl (C=O) groups excluding carboxylic acids is 1. The van der Waals surface area contributed by atoms with Gasteiger partial charge in [0.2, 0.25) is 0 Å². The lowest BCUT2D eigenvalue weighted by molar-refractivity contribution is -0.147. The molecular weight excluding hydrogens is 306 g/mol. The molecule has 0 aromatic heterocycles. The highest BCUT2D eigenvalue weighted by atomic mass is 32.2. The Labute approximate surface area is 142 Å². The summed E-state index contributed by atoms with van der Waals surface area (Å²) in [7, 11) is 0. The summed E-state index contributed by atoms with van der Waals surface area (Å²) in [5.41, 5.74) is 8.31. The van der Waals surface area contributed by atoms with Crippen LogP contribution in [0.1, 0.15) is 25.0 Å². The first-order valence-electron chi connectivity index (χ1n) is 7.63. The Morgan fingerprint density at radius 3 is 2.13 bits per heavy atom. The molecule has 0 fully saturated rings. The van der Waals surface area contributed by atoms with Gasteiger partial charge in [-0.05, 0) is 25.0 Å². The molecule has 3 nitrogen and oxygen atoms in total. The minimum Gasteiger partial charge on any atom is -0.460 e. The van der Waals surface area contributed by atoms with Gasteiger partial charge in [0.25, 0.3) is 0 Å². The van der Waals surface area contributed by atoms with E-state index in [4.69, 9.17) is 10.5 Å². The third kappa shape index (κ3) is 5.41. The van der Waals surface area contributed by atoms with Gasteiger partial charge in [0, 0.05) is 10.5 Å². The Morgan fingerprint density at radius 2 is 1.57 bits per heavy atom. The number of thioether (sulfide) groups is 1. The van der Waals surface area contributed by atoms with E-state index >= 15 is 0 Å². The summed E-state index contributed by atoms with van der Waals surface area (Å²) in [4.78, 5) is 12.2. The minimum absolute atomic E-state index is 0.257. The van der Waals surface area contributed by atoms with Crippen LogP contribution in [0.15, 0.2) is 60.7 Å². The fraction of sp³-hybridized carbons (Fsp3) is 0.316. The number of carbonyl (C=O) groups is 1. The van der Waals surface area contributed by atoms with Crippen LogP contribution < -0.4 is 5.73 Å². The highest BCUT2D eigenvalue weighted by molar-refractivity contribution is 7.99. The van der Waals surface area contributed by atoms with Gasteiger partial charge in [-0.25, -0.2) is 0 Å². The van der Waals surface area contributed by atoms with Crippen molar-refractivity contribution in [2.24, 2.45) is 5.73 Å². The van der Waals surface area contributed by atoms with Gasteiger partial charge in [0.1, 0.15) is 12.6 Å². The predicted molar refractivity (Wildman–Crippen MR) is 96.0 cm³/mol. The maximum absolute atomic E-state index is 12.2. The molecule has 0 saturated carbocycles. The normalized spacial score (nSPS) is 12.7. The second-order valence-electron chi connectivity index (χ2n) is 5.95. The van der Waals surface area contributed by atoms with Crippen molar-refractivity contribution < 1.29 is 9.53 Å².